The van der Waals surface area contributed by atoms with E-state index in [4.69, 9.17) is 15.6 Å². The molecular weight excluding hydrogens is 485 g/mol. The number of hydrogen-bond acceptors (Lipinski definition) is 6. The Morgan fingerprint density at radius 3 is 2.57 bits per heavy atom. The number of hydrogen-bond donors (Lipinski definition) is 2. The first-order valence-corrected chi connectivity index (χ1v) is 11.6. The Bertz CT molecular complexity index is 1320. The first-order chi connectivity index (χ1) is 16.5. The molecule has 1 aliphatic rings. The number of nitrogens with zero attached hydrogens (tertiary/aromatic N) is 3. The minimum Gasteiger partial charge on any atom is -0.475 e. The minimum atomic E-state index is -5.08. The lowest BCUT2D eigenvalue weighted by Crippen LogP contribution is -2.37. The molecule has 8 nitrogen and oxygen atoms in total. The number of alkyl halides is 3. The topological polar surface area (TPSA) is 119 Å². The second kappa shape index (κ2) is 10.6. The third-order valence-corrected chi connectivity index (χ3v) is 6.95. The molecule has 12 heteroatoms. The molecule has 0 spiro atoms. The zero-order valence-electron chi connectivity index (χ0n) is 19.2. The van der Waals surface area contributed by atoms with Crippen molar-refractivity contribution < 1.29 is 27.9 Å². The zero-order chi connectivity index (χ0) is 25.9. The van der Waals surface area contributed by atoms with Crippen LogP contribution in [0.4, 0.5) is 18.9 Å². The number of fused-ring (bicyclic) bond motifs is 2. The van der Waals surface area contributed by atoms with Crippen molar-refractivity contribution in [1.82, 2.24) is 9.55 Å². The summed E-state index contributed by atoms with van der Waals surface area (Å²) < 4.78 is 33.3. The summed E-state index contributed by atoms with van der Waals surface area (Å²) in [5.74, 6) is -2.73. The molecule has 4 rings (SSSR count). The van der Waals surface area contributed by atoms with Gasteiger partial charge in [-0.25, -0.2) is 9.78 Å². The third kappa shape index (κ3) is 5.70. The van der Waals surface area contributed by atoms with Crippen molar-refractivity contribution in [3.05, 3.63) is 56.4 Å². The summed E-state index contributed by atoms with van der Waals surface area (Å²) in [5.41, 5.74) is 10.0. The van der Waals surface area contributed by atoms with Gasteiger partial charge in [-0.3, -0.25) is 14.2 Å². The van der Waals surface area contributed by atoms with E-state index in [2.05, 4.69) is 4.98 Å². The zero-order valence-corrected chi connectivity index (χ0v) is 20.0. The first kappa shape index (κ1) is 26.4. The van der Waals surface area contributed by atoms with Crippen molar-refractivity contribution in [2.45, 2.75) is 52.4 Å². The summed E-state index contributed by atoms with van der Waals surface area (Å²) in [6.45, 7) is 5.46. The number of carboxylic acids is 1. The van der Waals surface area contributed by atoms with Gasteiger partial charge in [-0.15, -0.1) is 11.3 Å². The van der Waals surface area contributed by atoms with Crippen LogP contribution in [0.3, 0.4) is 0 Å². The number of carbonyl (C=O) groups is 2. The average molecular weight is 511 g/mol. The quantitative estimate of drug-likeness (QED) is 0.554. The van der Waals surface area contributed by atoms with Gasteiger partial charge in [-0.05, 0) is 49.4 Å². The molecule has 3 N–H and O–H groups in total. The number of aryl methyl sites for hydroxylation is 3. The fourth-order valence-corrected chi connectivity index (χ4v) is 4.92. The maximum absolute atomic E-state index is 12.9. The highest BCUT2D eigenvalue weighted by atomic mass is 32.1. The normalized spacial score (nSPS) is 13.3. The molecule has 0 bridgehead atoms. The summed E-state index contributed by atoms with van der Waals surface area (Å²) >= 11 is 1.53. The number of carboxylic acid groups (broad SMARTS) is 1. The number of rotatable bonds is 4. The standard InChI is InChI=1S/C21H24N4O2S.C2HF3O2/c1-13-14(2)28-20-19(13)21(27)24(12-23-20)10-8-18(26)25-9-4-6-16-15(11-22)5-3-7-17(16)25;3-2(4,5)1(6)7/h3,5,7,12H,4,6,8-11,22H2,1-2H3;(H,6,7). The van der Waals surface area contributed by atoms with Crippen molar-refractivity contribution >= 4 is 39.1 Å². The van der Waals surface area contributed by atoms with Crippen LogP contribution in [0.25, 0.3) is 10.2 Å². The second-order valence-electron chi connectivity index (χ2n) is 8.03. The second-order valence-corrected chi connectivity index (χ2v) is 9.23. The van der Waals surface area contributed by atoms with Gasteiger partial charge in [0.2, 0.25) is 5.91 Å². The lowest BCUT2D eigenvalue weighted by atomic mass is 9.96. The Kier molecular flexibility index (Phi) is 7.96. The Hall–Kier alpha value is -3.25. The highest BCUT2D eigenvalue weighted by Crippen LogP contribution is 2.30. The number of benzene rings is 1. The molecule has 3 aromatic rings. The van der Waals surface area contributed by atoms with Crippen LogP contribution in [-0.4, -0.2) is 39.3 Å². The number of thiophene rings is 1. The van der Waals surface area contributed by atoms with Crippen LogP contribution in [-0.2, 0) is 29.1 Å². The van der Waals surface area contributed by atoms with E-state index in [0.717, 1.165) is 39.4 Å². The van der Waals surface area contributed by atoms with Gasteiger partial charge in [0, 0.05) is 36.6 Å². The van der Waals surface area contributed by atoms with Crippen LogP contribution >= 0.6 is 11.3 Å². The number of aliphatic carboxylic acids is 1. The molecule has 1 aliphatic heterocycles. The van der Waals surface area contributed by atoms with Gasteiger partial charge in [-0.2, -0.15) is 13.2 Å². The summed E-state index contributed by atoms with van der Waals surface area (Å²) in [7, 11) is 0. The van der Waals surface area contributed by atoms with Gasteiger partial charge in [0.1, 0.15) is 4.83 Å². The molecule has 0 atom stereocenters. The van der Waals surface area contributed by atoms with Crippen LogP contribution in [0.5, 0.6) is 0 Å². The fraction of sp³-hybridized carbons (Fsp3) is 0.391. The molecule has 0 aliphatic carbocycles. The summed E-state index contributed by atoms with van der Waals surface area (Å²) in [6.07, 6.45) is -1.38. The molecule has 0 radical (unpaired) electrons. The molecule has 1 aromatic carbocycles. The highest BCUT2D eigenvalue weighted by Gasteiger charge is 2.38. The van der Waals surface area contributed by atoms with E-state index >= 15 is 0 Å². The molecule has 0 fully saturated rings. The van der Waals surface area contributed by atoms with Crippen molar-refractivity contribution in [1.29, 1.82) is 0 Å². The van der Waals surface area contributed by atoms with Crippen molar-refractivity contribution in [2.75, 3.05) is 11.4 Å². The smallest absolute Gasteiger partial charge is 0.475 e. The Labute approximate surface area is 202 Å². The molecule has 0 saturated carbocycles. The SMILES string of the molecule is Cc1sc2ncn(CCC(=O)N3CCCc4c(CN)cccc43)c(=O)c2c1C.O=C(O)C(F)(F)F. The molecule has 0 unspecified atom stereocenters. The number of amides is 1. The number of nitrogens with two attached hydrogens (primary N) is 1. The number of aromatic nitrogens is 2. The van der Waals surface area contributed by atoms with Crippen LogP contribution in [0.15, 0.2) is 29.3 Å². The average Bonchev–Trinajstić information content (AvgIpc) is 3.11. The monoisotopic (exact) mass is 510 g/mol. The van der Waals surface area contributed by atoms with Crippen molar-refractivity contribution in [3.8, 4) is 0 Å². The van der Waals surface area contributed by atoms with Gasteiger partial charge >= 0.3 is 12.1 Å². The van der Waals surface area contributed by atoms with Crippen LogP contribution in [0.1, 0.15) is 34.4 Å². The molecular formula is C23H25F3N4O4S. The first-order valence-electron chi connectivity index (χ1n) is 10.8. The van der Waals surface area contributed by atoms with E-state index in [0.29, 0.717) is 25.0 Å². The summed E-state index contributed by atoms with van der Waals surface area (Å²) in [5, 5.41) is 7.80. The van der Waals surface area contributed by atoms with Crippen LogP contribution in [0.2, 0.25) is 0 Å². The number of carbonyl (C=O) groups excluding carboxylic acids is 1. The predicted octanol–water partition coefficient (Wildman–Crippen LogP) is 3.54. The molecule has 0 saturated heterocycles. The molecule has 188 valence electrons. The van der Waals surface area contributed by atoms with E-state index in [-0.39, 0.29) is 17.9 Å². The van der Waals surface area contributed by atoms with Gasteiger partial charge in [-0.1, -0.05) is 12.1 Å². The van der Waals surface area contributed by atoms with Crippen LogP contribution in [0, 0.1) is 13.8 Å². The lowest BCUT2D eigenvalue weighted by Gasteiger charge is -2.31. The van der Waals surface area contributed by atoms with E-state index in [1.54, 1.807) is 10.9 Å². The fourth-order valence-electron chi connectivity index (χ4n) is 3.93. The lowest BCUT2D eigenvalue weighted by molar-refractivity contribution is -0.192. The molecule has 2 aromatic heterocycles. The maximum atomic E-state index is 12.9. The Morgan fingerprint density at radius 1 is 1.26 bits per heavy atom. The van der Waals surface area contributed by atoms with Crippen molar-refractivity contribution in [2.24, 2.45) is 5.73 Å². The van der Waals surface area contributed by atoms with E-state index in [1.165, 1.54) is 16.9 Å². The van der Waals surface area contributed by atoms with Gasteiger partial charge in [0.15, 0.2) is 0 Å². The maximum Gasteiger partial charge on any atom is 0.490 e. The predicted molar refractivity (Wildman–Crippen MR) is 127 cm³/mol. The molecule has 3 heterocycles. The summed E-state index contributed by atoms with van der Waals surface area (Å²) in [6, 6.07) is 5.97. The largest absolute Gasteiger partial charge is 0.490 e. The number of halogens is 3. The van der Waals surface area contributed by atoms with Gasteiger partial charge in [0.05, 0.1) is 11.7 Å². The van der Waals surface area contributed by atoms with E-state index < -0.39 is 12.1 Å². The molecule has 1 amide bonds. The van der Waals surface area contributed by atoms with Gasteiger partial charge < -0.3 is 15.7 Å². The van der Waals surface area contributed by atoms with Crippen LogP contribution < -0.4 is 16.2 Å². The van der Waals surface area contributed by atoms with Gasteiger partial charge in [0.25, 0.3) is 5.56 Å². The molecule has 35 heavy (non-hydrogen) atoms. The van der Waals surface area contributed by atoms with E-state index in [1.807, 2.05) is 36.9 Å². The summed E-state index contributed by atoms with van der Waals surface area (Å²) in [4.78, 5) is 42.8. The van der Waals surface area contributed by atoms with Crippen molar-refractivity contribution in [3.63, 3.8) is 0 Å². The Morgan fingerprint density at radius 2 is 1.94 bits per heavy atom. The highest BCUT2D eigenvalue weighted by molar-refractivity contribution is 7.18. The van der Waals surface area contributed by atoms with E-state index in [9.17, 15) is 22.8 Å². The Balaban J connectivity index is 0.000000429. The third-order valence-electron chi connectivity index (χ3n) is 5.83. The number of anilines is 1. The minimum absolute atomic E-state index is 0.0281.